The number of ether oxygens (including phenoxy) is 2. The van der Waals surface area contributed by atoms with Gasteiger partial charge in [-0.25, -0.2) is 0 Å². The van der Waals surface area contributed by atoms with Crippen molar-refractivity contribution >= 4 is 17.2 Å². The van der Waals surface area contributed by atoms with Crippen LogP contribution in [-0.4, -0.2) is 44.2 Å². The molecule has 0 aliphatic carbocycles. The van der Waals surface area contributed by atoms with Gasteiger partial charge >= 0.3 is 0 Å². The van der Waals surface area contributed by atoms with Gasteiger partial charge < -0.3 is 14.8 Å². The van der Waals surface area contributed by atoms with Crippen LogP contribution in [0.1, 0.15) is 40.6 Å². The third-order valence-corrected chi connectivity index (χ3v) is 5.80. The Labute approximate surface area is 165 Å². The van der Waals surface area contributed by atoms with Gasteiger partial charge in [-0.2, -0.15) is 0 Å². The van der Waals surface area contributed by atoms with Crippen LogP contribution in [-0.2, 0) is 13.0 Å². The largest absolute Gasteiger partial charge is 0.493 e. The van der Waals surface area contributed by atoms with E-state index in [-0.39, 0.29) is 5.91 Å². The molecule has 6 heteroatoms. The van der Waals surface area contributed by atoms with Crippen LogP contribution in [0.5, 0.6) is 11.5 Å². The zero-order valence-corrected chi connectivity index (χ0v) is 16.9. The van der Waals surface area contributed by atoms with Crippen molar-refractivity contribution in [3.05, 3.63) is 45.6 Å². The van der Waals surface area contributed by atoms with Crippen LogP contribution in [0.25, 0.3) is 0 Å². The molecule has 146 valence electrons. The Morgan fingerprint density at radius 3 is 3.00 bits per heavy atom. The molecule has 1 aromatic heterocycles. The molecule has 1 aromatic carbocycles. The first-order chi connectivity index (χ1) is 13.2. The number of unbranched alkanes of at least 4 members (excludes halogenated alkanes) is 1. The summed E-state index contributed by atoms with van der Waals surface area (Å²) in [5, 5.41) is 5.18. The second-order valence-electron chi connectivity index (χ2n) is 6.72. The Morgan fingerprint density at radius 2 is 2.19 bits per heavy atom. The Hall–Kier alpha value is -2.05. The van der Waals surface area contributed by atoms with E-state index in [1.54, 1.807) is 19.2 Å². The predicted octanol–water partition coefficient (Wildman–Crippen LogP) is 3.72. The van der Waals surface area contributed by atoms with E-state index in [0.29, 0.717) is 30.2 Å². The number of fused-ring (bicyclic) bond motifs is 1. The maximum atomic E-state index is 12.5. The van der Waals surface area contributed by atoms with E-state index in [4.69, 9.17) is 9.47 Å². The lowest BCUT2D eigenvalue weighted by Crippen LogP contribution is -2.37. The molecule has 0 radical (unpaired) electrons. The highest BCUT2D eigenvalue weighted by Crippen LogP contribution is 2.28. The maximum Gasteiger partial charge on any atom is 0.251 e. The minimum atomic E-state index is -0.0818. The summed E-state index contributed by atoms with van der Waals surface area (Å²) in [6, 6.07) is 7.56. The first-order valence-electron chi connectivity index (χ1n) is 9.58. The number of rotatable bonds is 9. The molecule has 5 nitrogen and oxygen atoms in total. The number of nitrogens with one attached hydrogen (secondary N) is 1. The van der Waals surface area contributed by atoms with Crippen LogP contribution >= 0.6 is 11.3 Å². The molecule has 0 unspecified atom stereocenters. The molecular weight excluding hydrogens is 360 g/mol. The first-order valence-corrected chi connectivity index (χ1v) is 10.5. The van der Waals surface area contributed by atoms with E-state index in [9.17, 15) is 4.79 Å². The molecule has 1 N–H and O–H groups in total. The van der Waals surface area contributed by atoms with Crippen LogP contribution in [0.3, 0.4) is 0 Å². The topological polar surface area (TPSA) is 50.8 Å². The minimum absolute atomic E-state index is 0.0818. The summed E-state index contributed by atoms with van der Waals surface area (Å²) in [5.41, 5.74) is 2.02. The molecule has 0 fully saturated rings. The van der Waals surface area contributed by atoms with Gasteiger partial charge in [-0.3, -0.25) is 9.69 Å². The molecular formula is C21H28N2O3S. The quantitative estimate of drug-likeness (QED) is 0.665. The average Bonchev–Trinajstić information content (AvgIpc) is 3.16. The SMILES string of the molecule is CCCCOc1ccc(C(=O)NCCN2CCc3sccc3C2)cc1OC. The monoisotopic (exact) mass is 388 g/mol. The number of amides is 1. The van der Waals surface area contributed by atoms with E-state index < -0.39 is 0 Å². The van der Waals surface area contributed by atoms with Crippen molar-refractivity contribution in [2.24, 2.45) is 0 Å². The van der Waals surface area contributed by atoms with Crippen molar-refractivity contribution in [1.82, 2.24) is 10.2 Å². The molecule has 2 aromatic rings. The lowest BCUT2D eigenvalue weighted by Gasteiger charge is -2.26. The molecule has 3 rings (SSSR count). The van der Waals surface area contributed by atoms with Gasteiger partial charge in [0.05, 0.1) is 13.7 Å². The lowest BCUT2D eigenvalue weighted by molar-refractivity contribution is 0.0947. The number of nitrogens with zero attached hydrogens (tertiary/aromatic N) is 1. The standard InChI is InChI=1S/C21H28N2O3S/c1-3-4-12-26-18-6-5-16(14-19(18)25-2)21(24)22-9-11-23-10-7-20-17(15-23)8-13-27-20/h5-6,8,13-14H,3-4,7,9-12,15H2,1-2H3,(H,22,24). The average molecular weight is 389 g/mol. The van der Waals surface area contributed by atoms with Crippen LogP contribution in [0.2, 0.25) is 0 Å². The number of thiophene rings is 1. The summed E-state index contributed by atoms with van der Waals surface area (Å²) in [6.07, 6.45) is 3.18. The van der Waals surface area contributed by atoms with Crippen molar-refractivity contribution in [3.8, 4) is 11.5 Å². The smallest absolute Gasteiger partial charge is 0.251 e. The summed E-state index contributed by atoms with van der Waals surface area (Å²) in [5.74, 6) is 1.20. The van der Waals surface area contributed by atoms with Crippen molar-refractivity contribution in [1.29, 1.82) is 0 Å². The Kier molecular flexibility index (Phi) is 7.12. The second-order valence-corrected chi connectivity index (χ2v) is 7.72. The van der Waals surface area contributed by atoms with Crippen LogP contribution in [0.15, 0.2) is 29.6 Å². The van der Waals surface area contributed by atoms with Gasteiger partial charge in [0.25, 0.3) is 5.91 Å². The third-order valence-electron chi connectivity index (χ3n) is 4.78. The van der Waals surface area contributed by atoms with Gasteiger partial charge in [0.15, 0.2) is 11.5 Å². The lowest BCUT2D eigenvalue weighted by atomic mass is 10.1. The molecule has 0 bridgehead atoms. The predicted molar refractivity (Wildman–Crippen MR) is 109 cm³/mol. The summed E-state index contributed by atoms with van der Waals surface area (Å²) in [6.45, 7) is 6.30. The molecule has 1 amide bonds. The third kappa shape index (κ3) is 5.23. The van der Waals surface area contributed by atoms with Crippen LogP contribution in [0.4, 0.5) is 0 Å². The highest BCUT2D eigenvalue weighted by molar-refractivity contribution is 7.10. The number of hydrogen-bond acceptors (Lipinski definition) is 5. The van der Waals surface area contributed by atoms with E-state index in [1.165, 1.54) is 10.4 Å². The first kappa shape index (κ1) is 19.7. The number of methoxy groups -OCH3 is 1. The normalized spacial score (nSPS) is 13.9. The maximum absolute atomic E-state index is 12.5. The Balaban J connectivity index is 1.49. The number of carbonyl (C=O) groups excluding carboxylic acids is 1. The van der Waals surface area contributed by atoms with Gasteiger partial charge in [0.1, 0.15) is 0 Å². The van der Waals surface area contributed by atoms with Crippen LogP contribution in [0, 0.1) is 0 Å². The van der Waals surface area contributed by atoms with Crippen molar-refractivity contribution in [3.63, 3.8) is 0 Å². The fourth-order valence-corrected chi connectivity index (χ4v) is 4.07. The second kappa shape index (κ2) is 9.76. The fraction of sp³-hybridized carbons (Fsp3) is 0.476. The summed E-state index contributed by atoms with van der Waals surface area (Å²) >= 11 is 1.85. The molecule has 1 aliphatic heterocycles. The van der Waals surface area contributed by atoms with E-state index in [2.05, 4.69) is 28.6 Å². The zero-order chi connectivity index (χ0) is 19.1. The van der Waals surface area contributed by atoms with E-state index in [1.807, 2.05) is 17.4 Å². The van der Waals surface area contributed by atoms with Crippen molar-refractivity contribution < 1.29 is 14.3 Å². The van der Waals surface area contributed by atoms with E-state index in [0.717, 1.165) is 38.9 Å². The summed E-state index contributed by atoms with van der Waals surface area (Å²) in [4.78, 5) is 16.4. The summed E-state index contributed by atoms with van der Waals surface area (Å²) in [7, 11) is 1.60. The van der Waals surface area contributed by atoms with Crippen molar-refractivity contribution in [2.75, 3.05) is 33.4 Å². The molecule has 1 aliphatic rings. The van der Waals surface area contributed by atoms with Gasteiger partial charge in [-0.05, 0) is 48.1 Å². The summed E-state index contributed by atoms with van der Waals surface area (Å²) < 4.78 is 11.1. The Bertz CT molecular complexity index is 760. The number of carbonyl (C=O) groups is 1. The van der Waals surface area contributed by atoms with Crippen LogP contribution < -0.4 is 14.8 Å². The molecule has 2 heterocycles. The van der Waals surface area contributed by atoms with Gasteiger partial charge in [0.2, 0.25) is 0 Å². The molecule has 0 spiro atoms. The van der Waals surface area contributed by atoms with Gasteiger partial charge in [-0.1, -0.05) is 13.3 Å². The Morgan fingerprint density at radius 1 is 1.30 bits per heavy atom. The number of benzene rings is 1. The molecule has 0 saturated heterocycles. The molecule has 0 saturated carbocycles. The highest BCUT2D eigenvalue weighted by Gasteiger charge is 2.17. The zero-order valence-electron chi connectivity index (χ0n) is 16.1. The fourth-order valence-electron chi connectivity index (χ4n) is 3.18. The van der Waals surface area contributed by atoms with Gasteiger partial charge in [-0.15, -0.1) is 11.3 Å². The highest BCUT2D eigenvalue weighted by atomic mass is 32.1. The minimum Gasteiger partial charge on any atom is -0.493 e. The molecule has 27 heavy (non-hydrogen) atoms. The van der Waals surface area contributed by atoms with Gasteiger partial charge in [0, 0.05) is 36.6 Å². The number of hydrogen-bond donors (Lipinski definition) is 1. The van der Waals surface area contributed by atoms with E-state index >= 15 is 0 Å². The van der Waals surface area contributed by atoms with Crippen molar-refractivity contribution in [2.45, 2.75) is 32.7 Å². The molecule has 0 atom stereocenters.